The first-order valence-electron chi connectivity index (χ1n) is 5.55. The molecule has 0 aliphatic heterocycles. The van der Waals surface area contributed by atoms with E-state index in [0.29, 0.717) is 0 Å². The van der Waals surface area contributed by atoms with E-state index in [1.807, 2.05) is 0 Å². The Bertz CT molecular complexity index is 327. The van der Waals surface area contributed by atoms with Crippen molar-refractivity contribution in [2.45, 2.75) is 19.4 Å². The monoisotopic (exact) mass is 207 g/mol. The lowest BCUT2D eigenvalue weighted by Crippen LogP contribution is -2.43. The summed E-state index contributed by atoms with van der Waals surface area (Å²) < 4.78 is 27.3. The highest BCUT2D eigenvalue weighted by molar-refractivity contribution is 5.69. The number of rotatable bonds is 5. The van der Waals surface area contributed by atoms with Crippen LogP contribution in [0.1, 0.15) is 17.4 Å². The van der Waals surface area contributed by atoms with Crippen LogP contribution in [0.15, 0.2) is 0 Å². The van der Waals surface area contributed by atoms with Crippen LogP contribution in [0.5, 0.6) is 0 Å². The van der Waals surface area contributed by atoms with Gasteiger partial charge in [0.25, 0.3) is 0 Å². The summed E-state index contributed by atoms with van der Waals surface area (Å²) in [4.78, 5) is 21.7. The number of likely N-dealkylation sites (N-methyl/N-ethyl adjacent to an activating group) is 1. The third-order valence-electron chi connectivity index (χ3n) is 1.13. The second-order valence-corrected chi connectivity index (χ2v) is 3.90. The second-order valence-electron chi connectivity index (χ2n) is 3.90. The third-order valence-corrected chi connectivity index (χ3v) is 1.13. The maximum absolute atomic E-state index is 10.9. The molecule has 0 saturated carbocycles. The summed E-state index contributed by atoms with van der Waals surface area (Å²) in [6.45, 7) is 0.725. The molecule has 82 valence electrons. The SMILES string of the molecule is [2H]C(C[N+](C)(C)C)(OC(C)=O)C([2H])([2H])C(=O)O. The van der Waals surface area contributed by atoms with Crippen molar-refractivity contribution in [2.24, 2.45) is 0 Å². The van der Waals surface area contributed by atoms with Gasteiger partial charge in [-0.1, -0.05) is 0 Å². The molecule has 0 amide bonds. The number of carboxylic acid groups (broad SMARTS) is 1. The largest absolute Gasteiger partial charge is 0.481 e. The Kier molecular flexibility index (Phi) is 2.91. The number of nitrogens with zero attached hydrogens (tertiary/aromatic N) is 1. The summed E-state index contributed by atoms with van der Waals surface area (Å²) in [5.41, 5.74) is 0. The van der Waals surface area contributed by atoms with Crippen molar-refractivity contribution in [3.63, 3.8) is 0 Å². The lowest BCUT2D eigenvalue weighted by Gasteiger charge is -2.28. The van der Waals surface area contributed by atoms with Gasteiger partial charge in [-0.3, -0.25) is 9.59 Å². The van der Waals surface area contributed by atoms with E-state index in [1.165, 1.54) is 0 Å². The van der Waals surface area contributed by atoms with E-state index < -0.39 is 24.4 Å². The first kappa shape index (κ1) is 8.23. The molecule has 1 atom stereocenters. The van der Waals surface area contributed by atoms with Gasteiger partial charge < -0.3 is 14.3 Å². The van der Waals surface area contributed by atoms with Gasteiger partial charge in [0.1, 0.15) is 6.54 Å². The zero-order valence-electron chi connectivity index (χ0n) is 11.8. The summed E-state index contributed by atoms with van der Waals surface area (Å²) in [5, 5.41) is 8.79. The first-order chi connectivity index (χ1) is 7.32. The van der Waals surface area contributed by atoms with Gasteiger partial charge >= 0.3 is 11.9 Å². The molecule has 0 rings (SSSR count). The molecule has 0 aromatic heterocycles. The van der Waals surface area contributed by atoms with Crippen molar-refractivity contribution in [3.05, 3.63) is 0 Å². The van der Waals surface area contributed by atoms with Crippen LogP contribution in [0.3, 0.4) is 0 Å². The molecule has 5 nitrogen and oxygen atoms in total. The standard InChI is InChI=1S/C9H17NO4/c1-7(11)14-8(5-9(12)13)6-10(2,3)4/h8H,5-6H2,1-4H3/p+1/i5D2,8D. The molecule has 0 bridgehead atoms. The minimum Gasteiger partial charge on any atom is -0.481 e. The number of ether oxygens (including phenoxy) is 1. The minimum atomic E-state index is -2.98. The van der Waals surface area contributed by atoms with Gasteiger partial charge in [-0.25, -0.2) is 0 Å². The molecular formula is C9H18NO4+. The topological polar surface area (TPSA) is 63.6 Å². The van der Waals surface area contributed by atoms with Crippen molar-refractivity contribution in [3.8, 4) is 0 Å². The van der Waals surface area contributed by atoms with Crippen LogP contribution in [-0.2, 0) is 14.3 Å². The molecule has 0 saturated heterocycles. The molecule has 0 spiro atoms. The second kappa shape index (κ2) is 4.95. The van der Waals surface area contributed by atoms with Gasteiger partial charge in [-0.05, 0) is 0 Å². The number of hydrogen-bond acceptors (Lipinski definition) is 3. The number of carboxylic acids is 1. The molecule has 5 heteroatoms. The highest BCUT2D eigenvalue weighted by Gasteiger charge is 2.23. The fourth-order valence-electron chi connectivity index (χ4n) is 0.821. The van der Waals surface area contributed by atoms with E-state index >= 15 is 0 Å². The molecular weight excluding hydrogens is 186 g/mol. The molecule has 0 aromatic carbocycles. The maximum atomic E-state index is 10.9. The molecule has 0 heterocycles. The molecule has 1 unspecified atom stereocenters. The molecule has 0 radical (unpaired) electrons. The molecule has 0 aromatic rings. The Balaban J connectivity index is 5.38. The Morgan fingerprint density at radius 2 is 2.07 bits per heavy atom. The summed E-state index contributed by atoms with van der Waals surface area (Å²) in [5.74, 6) is -2.72. The van der Waals surface area contributed by atoms with Gasteiger partial charge in [-0.15, -0.1) is 0 Å². The van der Waals surface area contributed by atoms with E-state index in [-0.39, 0.29) is 11.0 Å². The number of carbonyl (C=O) groups excluding carboxylic acids is 1. The first-order valence-corrected chi connectivity index (χ1v) is 4.05. The average Bonchev–Trinajstić information content (AvgIpc) is 1.97. The highest BCUT2D eigenvalue weighted by Crippen LogP contribution is 2.04. The van der Waals surface area contributed by atoms with Gasteiger partial charge in [0, 0.05) is 9.67 Å². The zero-order chi connectivity index (χ0) is 14.1. The summed E-state index contributed by atoms with van der Waals surface area (Å²) >= 11 is 0. The van der Waals surface area contributed by atoms with Gasteiger partial charge in [0.05, 0.1) is 28.9 Å². The fourth-order valence-corrected chi connectivity index (χ4v) is 0.821. The van der Waals surface area contributed by atoms with E-state index in [9.17, 15) is 9.59 Å². The van der Waals surface area contributed by atoms with Crippen molar-refractivity contribution in [2.75, 3.05) is 27.7 Å². The van der Waals surface area contributed by atoms with E-state index in [0.717, 1.165) is 6.92 Å². The number of hydrogen-bond donors (Lipinski definition) is 1. The number of quaternary nitrogens is 1. The summed E-state index contributed by atoms with van der Waals surface area (Å²) in [6, 6.07) is 0. The quantitative estimate of drug-likeness (QED) is 0.513. The van der Waals surface area contributed by atoms with Crippen LogP contribution in [0.4, 0.5) is 0 Å². The van der Waals surface area contributed by atoms with Gasteiger partial charge in [0.15, 0.2) is 6.08 Å². The molecule has 0 aliphatic rings. The van der Waals surface area contributed by atoms with Gasteiger partial charge in [-0.2, -0.15) is 0 Å². The zero-order valence-corrected chi connectivity index (χ0v) is 8.83. The fraction of sp³-hybridized carbons (Fsp3) is 0.778. The number of esters is 1. The lowest BCUT2D eigenvalue weighted by atomic mass is 10.2. The van der Waals surface area contributed by atoms with Crippen LogP contribution in [0.2, 0.25) is 0 Å². The van der Waals surface area contributed by atoms with Gasteiger partial charge in [0.2, 0.25) is 0 Å². The predicted octanol–water partition coefficient (Wildman–Crippen LogP) is 0.0990. The van der Waals surface area contributed by atoms with Crippen LogP contribution in [0, 0.1) is 0 Å². The van der Waals surface area contributed by atoms with Crippen molar-refractivity contribution in [1.29, 1.82) is 0 Å². The maximum Gasteiger partial charge on any atom is 0.307 e. The molecule has 14 heavy (non-hydrogen) atoms. The predicted molar refractivity (Wildman–Crippen MR) is 50.7 cm³/mol. The Labute approximate surface area is 88.1 Å². The Hall–Kier alpha value is -1.10. The van der Waals surface area contributed by atoms with Crippen LogP contribution in [0.25, 0.3) is 0 Å². The molecule has 0 fully saturated rings. The lowest BCUT2D eigenvalue weighted by molar-refractivity contribution is -0.873. The van der Waals surface area contributed by atoms with E-state index in [1.54, 1.807) is 21.1 Å². The van der Waals surface area contributed by atoms with E-state index in [2.05, 4.69) is 4.74 Å². The van der Waals surface area contributed by atoms with E-state index in [4.69, 9.17) is 9.22 Å². The third kappa shape index (κ3) is 7.54. The smallest absolute Gasteiger partial charge is 0.307 e. The van der Waals surface area contributed by atoms with Crippen LogP contribution in [-0.4, -0.2) is 55.3 Å². The number of aliphatic carboxylic acids is 1. The van der Waals surface area contributed by atoms with Crippen LogP contribution >= 0.6 is 0 Å². The summed E-state index contributed by atoms with van der Waals surface area (Å²) in [7, 11) is 4.93. The average molecular weight is 207 g/mol. The van der Waals surface area contributed by atoms with Crippen molar-refractivity contribution >= 4 is 11.9 Å². The minimum absolute atomic E-state index is 0.0869. The Morgan fingerprint density at radius 3 is 2.36 bits per heavy atom. The normalized spacial score (nSPS) is 19.9. The number of carbonyl (C=O) groups is 2. The molecule has 1 N–H and O–H groups in total. The Morgan fingerprint density at radius 1 is 1.57 bits per heavy atom. The van der Waals surface area contributed by atoms with Crippen molar-refractivity contribution < 1.29 is 28.0 Å². The van der Waals surface area contributed by atoms with Crippen molar-refractivity contribution in [1.82, 2.24) is 0 Å². The van der Waals surface area contributed by atoms with Crippen LogP contribution < -0.4 is 0 Å². The molecule has 0 aliphatic carbocycles. The highest BCUT2D eigenvalue weighted by atomic mass is 16.5. The summed E-state index contributed by atoms with van der Waals surface area (Å²) in [6.07, 6.45) is -5.45.